The number of likely N-dealkylation sites (N-methyl/N-ethyl adjacent to an activating group) is 1. The zero-order chi connectivity index (χ0) is 13.1. The normalized spacial score (nSPS) is 11.6. The van der Waals surface area contributed by atoms with Gasteiger partial charge in [0.25, 0.3) is 0 Å². The fraction of sp³-hybridized carbons (Fsp3) is 0.429. The van der Waals surface area contributed by atoms with E-state index in [2.05, 4.69) is 9.88 Å². The topological polar surface area (TPSA) is 28.3 Å². The van der Waals surface area contributed by atoms with Gasteiger partial charge in [-0.1, -0.05) is 6.07 Å². The van der Waals surface area contributed by atoms with E-state index in [4.69, 9.17) is 4.74 Å². The van der Waals surface area contributed by atoms with Crippen LogP contribution < -0.4 is 0 Å². The lowest BCUT2D eigenvalue weighted by Crippen LogP contribution is -2.15. The number of H-pyrrole nitrogens is 1. The van der Waals surface area contributed by atoms with Crippen LogP contribution in [0.4, 0.5) is 4.39 Å². The Morgan fingerprint density at radius 3 is 2.72 bits per heavy atom. The number of nitrogens with one attached hydrogen (secondary N) is 1. The fourth-order valence-electron chi connectivity index (χ4n) is 2.18. The number of fused-ring (bicyclic) bond motifs is 1. The Morgan fingerprint density at radius 2 is 2.06 bits per heavy atom. The van der Waals surface area contributed by atoms with E-state index in [9.17, 15) is 4.39 Å². The zero-order valence-corrected chi connectivity index (χ0v) is 11.1. The number of nitrogens with zero attached hydrogens (tertiary/aromatic N) is 1. The average Bonchev–Trinajstić information content (AvgIpc) is 2.75. The molecule has 1 heterocycles. The Kier molecular flexibility index (Phi) is 3.99. The Morgan fingerprint density at radius 1 is 1.28 bits per heavy atom. The third kappa shape index (κ3) is 2.54. The maximum Gasteiger partial charge on any atom is 0.147 e. The molecule has 3 nitrogen and oxygen atoms in total. The van der Waals surface area contributed by atoms with Gasteiger partial charge in [-0.25, -0.2) is 4.39 Å². The molecule has 0 aliphatic heterocycles. The van der Waals surface area contributed by atoms with Crippen molar-refractivity contribution in [2.24, 2.45) is 0 Å². The lowest BCUT2D eigenvalue weighted by Gasteiger charge is -2.10. The van der Waals surface area contributed by atoms with Crippen molar-refractivity contribution in [1.82, 2.24) is 9.88 Å². The molecule has 0 saturated carbocycles. The molecule has 1 N–H and O–H groups in total. The lowest BCUT2D eigenvalue weighted by atomic mass is 10.0. The molecular weight excluding hydrogens is 231 g/mol. The van der Waals surface area contributed by atoms with Gasteiger partial charge < -0.3 is 14.6 Å². The molecule has 4 heteroatoms. The second kappa shape index (κ2) is 5.50. The predicted octanol–water partition coefficient (Wildman–Crippen LogP) is 2.56. The number of hydrogen-bond donors (Lipinski definition) is 1. The quantitative estimate of drug-likeness (QED) is 0.883. The highest BCUT2D eigenvalue weighted by molar-refractivity contribution is 5.87. The molecule has 1 aromatic heterocycles. The standard InChI is InChI=1S/C14H19FN2O/c1-17(2)7-6-10-8-16-14-12(15)5-4-11(9-18-3)13(10)14/h4-5,8,16H,6-7,9H2,1-3H3. The molecule has 0 aliphatic carbocycles. The summed E-state index contributed by atoms with van der Waals surface area (Å²) in [5.41, 5.74) is 2.76. The van der Waals surface area contributed by atoms with Crippen molar-refractivity contribution >= 4 is 10.9 Å². The number of ether oxygens (including phenoxy) is 1. The van der Waals surface area contributed by atoms with E-state index in [-0.39, 0.29) is 5.82 Å². The number of methoxy groups -OCH3 is 1. The van der Waals surface area contributed by atoms with Gasteiger partial charge in [-0.2, -0.15) is 0 Å². The van der Waals surface area contributed by atoms with E-state index in [0.717, 1.165) is 29.5 Å². The number of halogens is 1. The van der Waals surface area contributed by atoms with Crippen molar-refractivity contribution in [1.29, 1.82) is 0 Å². The largest absolute Gasteiger partial charge is 0.380 e. The molecule has 0 amide bonds. The van der Waals surface area contributed by atoms with Crippen LogP contribution in [0.15, 0.2) is 18.3 Å². The fourth-order valence-corrected chi connectivity index (χ4v) is 2.18. The van der Waals surface area contributed by atoms with E-state index in [1.165, 1.54) is 6.07 Å². The molecule has 18 heavy (non-hydrogen) atoms. The van der Waals surface area contributed by atoms with Gasteiger partial charge in [0.15, 0.2) is 0 Å². The maximum absolute atomic E-state index is 13.7. The summed E-state index contributed by atoms with van der Waals surface area (Å²) >= 11 is 0. The second-order valence-corrected chi connectivity index (χ2v) is 4.76. The molecule has 0 unspecified atom stereocenters. The molecule has 0 bridgehead atoms. The minimum atomic E-state index is -0.207. The summed E-state index contributed by atoms with van der Waals surface area (Å²) in [7, 11) is 5.72. The van der Waals surface area contributed by atoms with Crippen molar-refractivity contribution in [3.05, 3.63) is 35.3 Å². The van der Waals surface area contributed by atoms with Crippen LogP contribution in [-0.4, -0.2) is 37.6 Å². The van der Waals surface area contributed by atoms with Crippen molar-refractivity contribution in [3.63, 3.8) is 0 Å². The second-order valence-electron chi connectivity index (χ2n) is 4.76. The van der Waals surface area contributed by atoms with Crippen LogP contribution in [-0.2, 0) is 17.8 Å². The zero-order valence-electron chi connectivity index (χ0n) is 11.1. The van der Waals surface area contributed by atoms with Gasteiger partial charge in [0.2, 0.25) is 0 Å². The van der Waals surface area contributed by atoms with E-state index in [1.807, 2.05) is 20.3 Å². The summed E-state index contributed by atoms with van der Waals surface area (Å²) in [4.78, 5) is 5.15. The summed E-state index contributed by atoms with van der Waals surface area (Å²) in [5.74, 6) is -0.207. The summed E-state index contributed by atoms with van der Waals surface area (Å²) in [6.45, 7) is 1.44. The molecule has 0 aliphatic rings. The number of hydrogen-bond acceptors (Lipinski definition) is 2. The minimum absolute atomic E-state index is 0.207. The molecule has 1 aromatic carbocycles. The number of aromatic amines is 1. The Balaban J connectivity index is 2.43. The maximum atomic E-state index is 13.7. The highest BCUT2D eigenvalue weighted by Crippen LogP contribution is 2.26. The van der Waals surface area contributed by atoms with Crippen molar-refractivity contribution in [2.75, 3.05) is 27.7 Å². The Hall–Kier alpha value is -1.39. The van der Waals surface area contributed by atoms with Crippen LogP contribution in [0.25, 0.3) is 10.9 Å². The highest BCUT2D eigenvalue weighted by atomic mass is 19.1. The Bertz CT molecular complexity index is 534. The van der Waals surface area contributed by atoms with Gasteiger partial charge in [0, 0.05) is 25.2 Å². The summed E-state index contributed by atoms with van der Waals surface area (Å²) in [6.07, 6.45) is 2.80. The van der Waals surface area contributed by atoms with Crippen LogP contribution in [0.3, 0.4) is 0 Å². The molecular formula is C14H19FN2O. The summed E-state index contributed by atoms with van der Waals surface area (Å²) in [6, 6.07) is 3.29. The highest BCUT2D eigenvalue weighted by Gasteiger charge is 2.12. The van der Waals surface area contributed by atoms with E-state index in [1.54, 1.807) is 13.2 Å². The molecule has 0 fully saturated rings. The summed E-state index contributed by atoms with van der Waals surface area (Å²) in [5, 5.41) is 0.971. The van der Waals surface area contributed by atoms with E-state index < -0.39 is 0 Å². The smallest absolute Gasteiger partial charge is 0.147 e. The Labute approximate surface area is 107 Å². The average molecular weight is 250 g/mol. The first-order chi connectivity index (χ1) is 8.63. The first-order valence-corrected chi connectivity index (χ1v) is 6.04. The lowest BCUT2D eigenvalue weighted by molar-refractivity contribution is 0.186. The van der Waals surface area contributed by atoms with Gasteiger partial charge in [0.05, 0.1) is 12.1 Å². The van der Waals surface area contributed by atoms with Gasteiger partial charge in [-0.3, -0.25) is 0 Å². The van der Waals surface area contributed by atoms with Crippen molar-refractivity contribution < 1.29 is 9.13 Å². The third-order valence-electron chi connectivity index (χ3n) is 3.08. The monoisotopic (exact) mass is 250 g/mol. The molecule has 2 rings (SSSR count). The SMILES string of the molecule is COCc1ccc(F)c2[nH]cc(CCN(C)C)c12. The molecule has 0 saturated heterocycles. The summed E-state index contributed by atoms with van der Waals surface area (Å²) < 4.78 is 18.9. The van der Waals surface area contributed by atoms with E-state index >= 15 is 0 Å². The predicted molar refractivity (Wildman–Crippen MR) is 71.2 cm³/mol. The third-order valence-corrected chi connectivity index (χ3v) is 3.08. The van der Waals surface area contributed by atoms with Gasteiger partial charge in [-0.15, -0.1) is 0 Å². The van der Waals surface area contributed by atoms with Crippen molar-refractivity contribution in [3.8, 4) is 0 Å². The molecule has 2 aromatic rings. The number of rotatable bonds is 5. The van der Waals surface area contributed by atoms with Crippen LogP contribution in [0.1, 0.15) is 11.1 Å². The van der Waals surface area contributed by atoms with Gasteiger partial charge in [-0.05, 0) is 37.7 Å². The van der Waals surface area contributed by atoms with Crippen LogP contribution in [0.2, 0.25) is 0 Å². The molecule has 0 atom stereocenters. The first kappa shape index (κ1) is 13.1. The molecule has 0 spiro atoms. The van der Waals surface area contributed by atoms with Crippen LogP contribution in [0, 0.1) is 5.82 Å². The molecule has 98 valence electrons. The van der Waals surface area contributed by atoms with Crippen LogP contribution in [0.5, 0.6) is 0 Å². The van der Waals surface area contributed by atoms with Gasteiger partial charge in [0.1, 0.15) is 5.82 Å². The molecule has 0 radical (unpaired) electrons. The number of aromatic nitrogens is 1. The van der Waals surface area contributed by atoms with E-state index in [0.29, 0.717) is 12.1 Å². The van der Waals surface area contributed by atoms with Crippen molar-refractivity contribution in [2.45, 2.75) is 13.0 Å². The van der Waals surface area contributed by atoms with Gasteiger partial charge >= 0.3 is 0 Å². The minimum Gasteiger partial charge on any atom is -0.380 e. The number of benzene rings is 1. The van der Waals surface area contributed by atoms with Crippen LogP contribution >= 0.6 is 0 Å². The first-order valence-electron chi connectivity index (χ1n) is 6.04.